The SMILES string of the molecule is C.C=CC[NH3+]. The molecule has 0 atom stereocenters. The molecule has 0 rings (SSSR count). The summed E-state index contributed by atoms with van der Waals surface area (Å²) >= 11 is 0. The molecule has 0 saturated carbocycles. The van der Waals surface area contributed by atoms with Gasteiger partial charge in [-0.2, -0.15) is 0 Å². The first-order valence-electron chi connectivity index (χ1n) is 1.32. The van der Waals surface area contributed by atoms with Crippen molar-refractivity contribution in [3.8, 4) is 0 Å². The van der Waals surface area contributed by atoms with E-state index in [1.165, 1.54) is 0 Å². The Morgan fingerprint density at radius 1 is 1.80 bits per heavy atom. The standard InChI is InChI=1S/C3H7N.CH4/c1-2-3-4;/h2H,1,3-4H2;1H4/p+1. The molecular formula is C4H12N+. The molecule has 0 aromatic heterocycles. The Balaban J connectivity index is 0. The normalized spacial score (nSPS) is 5.00. The van der Waals surface area contributed by atoms with Crippen molar-refractivity contribution >= 4 is 0 Å². The number of hydrogen-bond acceptors (Lipinski definition) is 0. The second-order valence-corrected chi connectivity index (χ2v) is 0.577. The minimum atomic E-state index is 0. The second kappa shape index (κ2) is 9.33. The highest BCUT2D eigenvalue weighted by molar-refractivity contribution is 4.59. The minimum Gasteiger partial charge on any atom is -0.354 e. The molecule has 0 fully saturated rings. The van der Waals surface area contributed by atoms with Gasteiger partial charge in [0, 0.05) is 0 Å². The van der Waals surface area contributed by atoms with E-state index < -0.39 is 0 Å². The van der Waals surface area contributed by atoms with E-state index in [1.54, 1.807) is 6.08 Å². The number of rotatable bonds is 1. The first kappa shape index (κ1) is 8.83. The molecule has 0 saturated heterocycles. The Morgan fingerprint density at radius 3 is 2.00 bits per heavy atom. The van der Waals surface area contributed by atoms with Gasteiger partial charge in [0.15, 0.2) is 0 Å². The summed E-state index contributed by atoms with van der Waals surface area (Å²) < 4.78 is 0. The van der Waals surface area contributed by atoms with Crippen molar-refractivity contribution in [2.45, 2.75) is 7.43 Å². The summed E-state index contributed by atoms with van der Waals surface area (Å²) in [6.45, 7) is 4.25. The van der Waals surface area contributed by atoms with Gasteiger partial charge in [0.05, 0.1) is 6.54 Å². The van der Waals surface area contributed by atoms with Crippen molar-refractivity contribution < 1.29 is 5.73 Å². The molecular weight excluding hydrogens is 62.1 g/mol. The molecule has 3 N–H and O–H groups in total. The predicted octanol–water partition coefficient (Wildman–Crippen LogP) is 0.0504. The Labute approximate surface area is 33.5 Å². The Kier molecular flexibility index (Phi) is 16.5. The third-order valence-corrected chi connectivity index (χ3v) is 0.204. The molecule has 0 aliphatic carbocycles. The van der Waals surface area contributed by atoms with E-state index >= 15 is 0 Å². The molecule has 0 aromatic rings. The summed E-state index contributed by atoms with van der Waals surface area (Å²) in [6.07, 6.45) is 1.76. The molecule has 0 unspecified atom stereocenters. The topological polar surface area (TPSA) is 27.6 Å². The van der Waals surface area contributed by atoms with Crippen LogP contribution in [0.25, 0.3) is 0 Å². The van der Waals surface area contributed by atoms with E-state index in [0.29, 0.717) is 0 Å². The molecule has 0 amide bonds. The molecule has 0 radical (unpaired) electrons. The molecule has 1 nitrogen and oxygen atoms in total. The summed E-state index contributed by atoms with van der Waals surface area (Å²) in [6, 6.07) is 0. The monoisotopic (exact) mass is 74.1 g/mol. The maximum Gasteiger partial charge on any atom is 0.0924 e. The van der Waals surface area contributed by atoms with Crippen molar-refractivity contribution in [1.82, 2.24) is 0 Å². The summed E-state index contributed by atoms with van der Waals surface area (Å²) in [7, 11) is 0. The van der Waals surface area contributed by atoms with Crippen LogP contribution in [0, 0.1) is 0 Å². The van der Waals surface area contributed by atoms with Crippen molar-refractivity contribution in [2.24, 2.45) is 0 Å². The minimum absolute atomic E-state index is 0. The van der Waals surface area contributed by atoms with Crippen LogP contribution < -0.4 is 5.73 Å². The van der Waals surface area contributed by atoms with E-state index in [0.717, 1.165) is 6.54 Å². The van der Waals surface area contributed by atoms with Gasteiger partial charge in [-0.25, -0.2) is 0 Å². The maximum atomic E-state index is 3.49. The van der Waals surface area contributed by atoms with Crippen LogP contribution in [0.2, 0.25) is 0 Å². The number of hydrogen-bond donors (Lipinski definition) is 1. The van der Waals surface area contributed by atoms with E-state index in [4.69, 9.17) is 0 Å². The molecule has 0 heterocycles. The fourth-order valence-electron chi connectivity index (χ4n) is 0. The van der Waals surface area contributed by atoms with Crippen LogP contribution in [-0.4, -0.2) is 6.54 Å². The lowest BCUT2D eigenvalue weighted by Gasteiger charge is -1.57. The first-order valence-corrected chi connectivity index (χ1v) is 1.32. The van der Waals surface area contributed by atoms with Gasteiger partial charge in [-0.3, -0.25) is 0 Å². The molecule has 0 aromatic carbocycles. The van der Waals surface area contributed by atoms with Gasteiger partial charge in [-0.1, -0.05) is 14.0 Å². The van der Waals surface area contributed by atoms with Crippen molar-refractivity contribution in [2.75, 3.05) is 6.54 Å². The summed E-state index contributed by atoms with van der Waals surface area (Å²) in [5, 5.41) is 0. The third kappa shape index (κ3) is 21.8. The average molecular weight is 74.1 g/mol. The molecule has 0 aliphatic heterocycles. The van der Waals surface area contributed by atoms with Crippen molar-refractivity contribution in [3.05, 3.63) is 12.7 Å². The zero-order valence-electron chi connectivity index (χ0n) is 2.70. The second-order valence-electron chi connectivity index (χ2n) is 0.577. The van der Waals surface area contributed by atoms with Crippen LogP contribution in [0.1, 0.15) is 7.43 Å². The summed E-state index contributed by atoms with van der Waals surface area (Å²) in [5.74, 6) is 0. The highest BCUT2D eigenvalue weighted by atomic mass is 14.5. The fourth-order valence-corrected chi connectivity index (χ4v) is 0. The van der Waals surface area contributed by atoms with E-state index in [-0.39, 0.29) is 7.43 Å². The smallest absolute Gasteiger partial charge is 0.0924 e. The zero-order chi connectivity index (χ0) is 3.41. The summed E-state index contributed by atoms with van der Waals surface area (Å²) in [5.41, 5.74) is 3.49. The fraction of sp³-hybridized carbons (Fsp3) is 0.500. The molecule has 32 valence electrons. The largest absolute Gasteiger partial charge is 0.354 e. The van der Waals surface area contributed by atoms with Crippen LogP contribution in [0.4, 0.5) is 0 Å². The van der Waals surface area contributed by atoms with Crippen molar-refractivity contribution in [3.63, 3.8) is 0 Å². The van der Waals surface area contributed by atoms with Crippen molar-refractivity contribution in [1.29, 1.82) is 0 Å². The van der Waals surface area contributed by atoms with E-state index in [2.05, 4.69) is 12.3 Å². The summed E-state index contributed by atoms with van der Waals surface area (Å²) in [4.78, 5) is 0. The lowest BCUT2D eigenvalue weighted by atomic mass is 10.7. The van der Waals surface area contributed by atoms with Crippen LogP contribution in [0.5, 0.6) is 0 Å². The van der Waals surface area contributed by atoms with Crippen LogP contribution in [0.15, 0.2) is 12.7 Å². The molecule has 0 spiro atoms. The van der Waals surface area contributed by atoms with Gasteiger partial charge in [-0.05, 0) is 6.08 Å². The van der Waals surface area contributed by atoms with Crippen LogP contribution >= 0.6 is 0 Å². The molecule has 5 heavy (non-hydrogen) atoms. The third-order valence-electron chi connectivity index (χ3n) is 0.204. The Bertz CT molecular complexity index is 17.6. The number of quaternary nitrogens is 1. The quantitative estimate of drug-likeness (QED) is 0.426. The Morgan fingerprint density at radius 2 is 2.00 bits per heavy atom. The first-order chi connectivity index (χ1) is 1.91. The van der Waals surface area contributed by atoms with E-state index in [1.807, 2.05) is 0 Å². The van der Waals surface area contributed by atoms with Gasteiger partial charge in [0.1, 0.15) is 0 Å². The van der Waals surface area contributed by atoms with Gasteiger partial charge in [0.2, 0.25) is 0 Å². The molecule has 0 aliphatic rings. The molecule has 1 heteroatoms. The molecule has 0 bridgehead atoms. The Hall–Kier alpha value is -0.300. The van der Waals surface area contributed by atoms with Gasteiger partial charge in [-0.15, -0.1) is 0 Å². The van der Waals surface area contributed by atoms with Gasteiger partial charge < -0.3 is 5.73 Å². The average Bonchev–Trinajstić information content (AvgIpc) is 1.37. The lowest BCUT2D eigenvalue weighted by molar-refractivity contribution is -0.352. The maximum absolute atomic E-state index is 3.49. The van der Waals surface area contributed by atoms with Crippen LogP contribution in [-0.2, 0) is 0 Å². The van der Waals surface area contributed by atoms with Gasteiger partial charge >= 0.3 is 0 Å². The van der Waals surface area contributed by atoms with E-state index in [9.17, 15) is 0 Å². The lowest BCUT2D eigenvalue weighted by Crippen LogP contribution is -2.48. The highest BCUT2D eigenvalue weighted by Gasteiger charge is 1.48. The van der Waals surface area contributed by atoms with Crippen LogP contribution in [0.3, 0.4) is 0 Å². The highest BCUT2D eigenvalue weighted by Crippen LogP contribution is 1.36. The predicted molar refractivity (Wildman–Crippen MR) is 24.7 cm³/mol. The zero-order valence-corrected chi connectivity index (χ0v) is 2.70. The van der Waals surface area contributed by atoms with Gasteiger partial charge in [0.25, 0.3) is 0 Å².